The number of esters is 1. The molecule has 5 heteroatoms. The summed E-state index contributed by atoms with van der Waals surface area (Å²) in [4.78, 5) is 15.8. The molecule has 0 aliphatic rings. The molecular weight excluding hydrogens is 296 g/mol. The number of rotatable bonds is 9. The van der Waals surface area contributed by atoms with Gasteiger partial charge in [0.1, 0.15) is 5.01 Å². The van der Waals surface area contributed by atoms with Crippen LogP contribution < -0.4 is 5.32 Å². The van der Waals surface area contributed by atoms with Crippen LogP contribution in [0.3, 0.4) is 0 Å². The molecule has 1 N–H and O–H groups in total. The second kappa shape index (κ2) is 10.8. The molecule has 0 bridgehead atoms. The van der Waals surface area contributed by atoms with Crippen LogP contribution in [0.25, 0.3) is 0 Å². The second-order valence-corrected chi connectivity index (χ2v) is 5.46. The van der Waals surface area contributed by atoms with Crippen LogP contribution in [-0.2, 0) is 11.3 Å². The summed E-state index contributed by atoms with van der Waals surface area (Å²) >= 11 is 1.46. The van der Waals surface area contributed by atoms with Gasteiger partial charge in [-0.25, -0.2) is 9.78 Å². The molecule has 1 rings (SSSR count). The Bertz CT molecular complexity index is 567. The molecule has 1 aromatic heterocycles. The highest BCUT2D eigenvalue weighted by atomic mass is 32.1. The minimum Gasteiger partial charge on any atom is -0.461 e. The molecule has 0 fully saturated rings. The average Bonchev–Trinajstić information content (AvgIpc) is 2.96. The van der Waals surface area contributed by atoms with Crippen molar-refractivity contribution in [1.29, 1.82) is 0 Å². The third kappa shape index (κ3) is 6.70. The first-order chi connectivity index (χ1) is 10.7. The second-order valence-electron chi connectivity index (χ2n) is 4.51. The smallest absolute Gasteiger partial charge is 0.357 e. The minimum absolute atomic E-state index is 0.361. The van der Waals surface area contributed by atoms with Gasteiger partial charge in [-0.15, -0.1) is 17.8 Å². The van der Waals surface area contributed by atoms with E-state index in [0.29, 0.717) is 18.8 Å². The molecule has 4 nitrogen and oxygen atoms in total. The van der Waals surface area contributed by atoms with Gasteiger partial charge in [0.2, 0.25) is 0 Å². The first-order valence-corrected chi connectivity index (χ1v) is 8.19. The van der Waals surface area contributed by atoms with Crippen molar-refractivity contribution in [3.05, 3.63) is 39.9 Å². The summed E-state index contributed by atoms with van der Waals surface area (Å²) in [5.41, 5.74) is 1.54. The zero-order valence-electron chi connectivity index (χ0n) is 13.1. The van der Waals surface area contributed by atoms with Crippen molar-refractivity contribution in [2.45, 2.75) is 33.2 Å². The van der Waals surface area contributed by atoms with E-state index in [1.807, 2.05) is 19.1 Å². The number of carbonyl (C=O) groups is 1. The molecule has 0 aliphatic heterocycles. The Labute approximate surface area is 136 Å². The fourth-order valence-electron chi connectivity index (χ4n) is 1.83. The third-order valence-corrected chi connectivity index (χ3v) is 3.63. The van der Waals surface area contributed by atoms with Crippen LogP contribution in [0.15, 0.2) is 29.2 Å². The largest absolute Gasteiger partial charge is 0.461 e. The molecule has 22 heavy (non-hydrogen) atoms. The molecule has 0 aromatic carbocycles. The number of allylic oxidation sites excluding steroid dienone is 4. The Balaban J connectivity index is 2.29. The summed E-state index contributed by atoms with van der Waals surface area (Å²) in [5.74, 6) is 2.20. The van der Waals surface area contributed by atoms with Gasteiger partial charge < -0.3 is 10.1 Å². The van der Waals surface area contributed by atoms with E-state index in [4.69, 9.17) is 11.2 Å². The van der Waals surface area contributed by atoms with Crippen molar-refractivity contribution in [2.24, 2.45) is 0 Å². The maximum absolute atomic E-state index is 11.5. The average molecular weight is 318 g/mol. The van der Waals surface area contributed by atoms with E-state index >= 15 is 0 Å². The highest BCUT2D eigenvalue weighted by Crippen LogP contribution is 2.11. The van der Waals surface area contributed by atoms with Gasteiger partial charge in [0.05, 0.1) is 6.61 Å². The van der Waals surface area contributed by atoms with Gasteiger partial charge in [0.25, 0.3) is 0 Å². The molecule has 0 saturated carbocycles. The van der Waals surface area contributed by atoms with Crippen LogP contribution in [0.5, 0.6) is 0 Å². The Hall–Kier alpha value is -1.90. The lowest BCUT2D eigenvalue weighted by Crippen LogP contribution is -2.15. The molecule has 0 atom stereocenters. The Morgan fingerprint density at radius 2 is 2.41 bits per heavy atom. The van der Waals surface area contributed by atoms with E-state index in [1.165, 1.54) is 11.3 Å². The van der Waals surface area contributed by atoms with Crippen molar-refractivity contribution < 1.29 is 9.53 Å². The van der Waals surface area contributed by atoms with Crippen LogP contribution >= 0.6 is 11.3 Å². The van der Waals surface area contributed by atoms with Crippen LogP contribution in [0.4, 0.5) is 0 Å². The van der Waals surface area contributed by atoms with E-state index in [0.717, 1.165) is 30.0 Å². The molecule has 0 unspecified atom stereocenters. The van der Waals surface area contributed by atoms with Gasteiger partial charge >= 0.3 is 5.97 Å². The summed E-state index contributed by atoms with van der Waals surface area (Å²) < 4.78 is 4.91. The summed E-state index contributed by atoms with van der Waals surface area (Å²) in [5, 5.41) is 5.93. The van der Waals surface area contributed by atoms with E-state index in [-0.39, 0.29) is 5.97 Å². The topological polar surface area (TPSA) is 51.2 Å². The zero-order chi connectivity index (χ0) is 16.2. The lowest BCUT2D eigenvalue weighted by atomic mass is 10.1. The lowest BCUT2D eigenvalue weighted by molar-refractivity contribution is 0.0520. The molecule has 1 aromatic rings. The monoisotopic (exact) mass is 318 g/mol. The lowest BCUT2D eigenvalue weighted by Gasteiger charge is -2.03. The van der Waals surface area contributed by atoms with Gasteiger partial charge in [0.15, 0.2) is 5.69 Å². The van der Waals surface area contributed by atoms with Gasteiger partial charge in [-0.3, -0.25) is 0 Å². The predicted octanol–water partition coefficient (Wildman–Crippen LogP) is 3.33. The van der Waals surface area contributed by atoms with Crippen molar-refractivity contribution in [2.75, 3.05) is 13.2 Å². The number of terminal acetylenes is 1. The van der Waals surface area contributed by atoms with Crippen LogP contribution in [0.2, 0.25) is 0 Å². The number of hydrogen-bond acceptors (Lipinski definition) is 5. The first-order valence-electron chi connectivity index (χ1n) is 7.31. The molecule has 0 radical (unpaired) electrons. The number of thiazole rings is 1. The summed E-state index contributed by atoms with van der Waals surface area (Å²) in [6.45, 7) is 5.65. The number of ether oxygens (including phenoxy) is 1. The highest BCUT2D eigenvalue weighted by Gasteiger charge is 2.10. The predicted molar refractivity (Wildman–Crippen MR) is 90.7 cm³/mol. The molecule has 1 heterocycles. The van der Waals surface area contributed by atoms with Gasteiger partial charge in [-0.05, 0) is 44.9 Å². The molecule has 0 spiro atoms. The van der Waals surface area contributed by atoms with E-state index in [9.17, 15) is 4.79 Å². The number of nitrogens with one attached hydrogen (secondary N) is 1. The first kappa shape index (κ1) is 18.1. The third-order valence-electron chi connectivity index (χ3n) is 2.78. The van der Waals surface area contributed by atoms with E-state index < -0.39 is 0 Å². The highest BCUT2D eigenvalue weighted by molar-refractivity contribution is 7.09. The number of nitrogens with zero attached hydrogens (tertiary/aromatic N) is 1. The summed E-state index contributed by atoms with van der Waals surface area (Å²) in [7, 11) is 0. The van der Waals surface area contributed by atoms with Crippen molar-refractivity contribution in [3.8, 4) is 12.3 Å². The SMILES string of the molecule is C#C/C=C(\C=C/C)CCCNCc1nc(C(=O)OCC)cs1. The number of carbonyl (C=O) groups excluding carboxylic acids is 1. The Kier molecular flexibility index (Phi) is 8.89. The van der Waals surface area contributed by atoms with Crippen molar-refractivity contribution in [3.63, 3.8) is 0 Å². The molecule has 0 aliphatic carbocycles. The normalized spacial score (nSPS) is 11.6. The molecule has 118 valence electrons. The Morgan fingerprint density at radius 3 is 3.09 bits per heavy atom. The van der Waals surface area contributed by atoms with E-state index in [1.54, 1.807) is 18.4 Å². The fourth-order valence-corrected chi connectivity index (χ4v) is 2.56. The van der Waals surface area contributed by atoms with Crippen LogP contribution in [-0.4, -0.2) is 24.1 Å². The van der Waals surface area contributed by atoms with Crippen LogP contribution in [0.1, 0.15) is 42.2 Å². The fraction of sp³-hybridized carbons (Fsp3) is 0.412. The van der Waals surface area contributed by atoms with Crippen molar-refractivity contribution >= 4 is 17.3 Å². The minimum atomic E-state index is -0.361. The maximum atomic E-state index is 11.5. The molecule has 0 amide bonds. The van der Waals surface area contributed by atoms with E-state index in [2.05, 4.69) is 16.2 Å². The zero-order valence-corrected chi connectivity index (χ0v) is 13.9. The standard InChI is InChI=1S/C17H22N2O2S/c1-4-8-14(9-5-2)10-7-11-18-12-16-19-15(13-22-16)17(20)21-6-3/h1,5,8-9,13,18H,6-7,10-12H2,2-3H3/b9-5-,14-8+. The van der Waals surface area contributed by atoms with Gasteiger partial charge in [-0.2, -0.15) is 0 Å². The van der Waals surface area contributed by atoms with Gasteiger partial charge in [-0.1, -0.05) is 18.1 Å². The van der Waals surface area contributed by atoms with Gasteiger partial charge in [0, 0.05) is 11.9 Å². The summed E-state index contributed by atoms with van der Waals surface area (Å²) in [6.07, 6.45) is 13.0. The van der Waals surface area contributed by atoms with Crippen LogP contribution in [0, 0.1) is 12.3 Å². The Morgan fingerprint density at radius 1 is 1.59 bits per heavy atom. The quantitative estimate of drug-likeness (QED) is 0.328. The molecule has 0 saturated heterocycles. The number of hydrogen-bond donors (Lipinski definition) is 1. The molecular formula is C17H22N2O2S. The number of aromatic nitrogens is 1. The van der Waals surface area contributed by atoms with Crippen molar-refractivity contribution in [1.82, 2.24) is 10.3 Å². The maximum Gasteiger partial charge on any atom is 0.357 e. The summed E-state index contributed by atoms with van der Waals surface area (Å²) in [6, 6.07) is 0.